The van der Waals surface area contributed by atoms with Gasteiger partial charge in [0.1, 0.15) is 11.3 Å². The molecule has 1 heterocycles. The number of amides is 4. The van der Waals surface area contributed by atoms with Crippen molar-refractivity contribution < 1.29 is 19.1 Å². The third-order valence-corrected chi connectivity index (χ3v) is 2.97. The number of rotatable bonds is 4. The number of benzene rings is 1. The number of nitrogens with zero attached hydrogens (tertiary/aromatic N) is 1. The van der Waals surface area contributed by atoms with Gasteiger partial charge >= 0.3 is 6.03 Å². The predicted molar refractivity (Wildman–Crippen MR) is 76.5 cm³/mol. The summed E-state index contributed by atoms with van der Waals surface area (Å²) in [5.41, 5.74) is 0.611. The SMILES string of the molecule is CCCOc1ccc(/C=C2\C(=O)NC(=O)N(C)C2=O)cc1. The molecule has 0 bridgehead atoms. The van der Waals surface area contributed by atoms with Gasteiger partial charge in [0.25, 0.3) is 11.8 Å². The Kier molecular flexibility index (Phi) is 4.37. The number of nitrogens with one attached hydrogen (secondary N) is 1. The highest BCUT2D eigenvalue weighted by Gasteiger charge is 2.32. The molecule has 1 fully saturated rings. The molecule has 6 nitrogen and oxygen atoms in total. The molecule has 1 aliphatic heterocycles. The highest BCUT2D eigenvalue weighted by molar-refractivity contribution is 6.30. The smallest absolute Gasteiger partial charge is 0.331 e. The standard InChI is InChI=1S/C15H16N2O4/c1-3-8-21-11-6-4-10(5-7-11)9-12-13(18)16-15(20)17(2)14(12)19/h4-7,9H,3,8H2,1-2H3,(H,16,18,20)/b12-9+. The van der Waals surface area contributed by atoms with E-state index in [2.05, 4.69) is 5.32 Å². The summed E-state index contributed by atoms with van der Waals surface area (Å²) in [5, 5.41) is 2.10. The molecule has 6 heteroatoms. The quantitative estimate of drug-likeness (QED) is 0.674. The molecule has 1 aromatic carbocycles. The molecular formula is C15H16N2O4. The zero-order chi connectivity index (χ0) is 15.4. The lowest BCUT2D eigenvalue weighted by atomic mass is 10.1. The Hall–Kier alpha value is -2.63. The van der Waals surface area contributed by atoms with E-state index in [0.717, 1.165) is 17.1 Å². The van der Waals surface area contributed by atoms with Crippen LogP contribution in [0.5, 0.6) is 5.75 Å². The third-order valence-electron chi connectivity index (χ3n) is 2.97. The first-order chi connectivity index (χ1) is 10.0. The van der Waals surface area contributed by atoms with Crippen LogP contribution in [0.25, 0.3) is 6.08 Å². The van der Waals surface area contributed by atoms with Gasteiger partial charge in [-0.1, -0.05) is 19.1 Å². The van der Waals surface area contributed by atoms with E-state index in [1.807, 2.05) is 6.92 Å². The van der Waals surface area contributed by atoms with E-state index in [9.17, 15) is 14.4 Å². The van der Waals surface area contributed by atoms with Crippen molar-refractivity contribution in [1.82, 2.24) is 10.2 Å². The first kappa shape index (κ1) is 14.8. The molecule has 1 aromatic rings. The molecule has 110 valence electrons. The number of urea groups is 1. The summed E-state index contributed by atoms with van der Waals surface area (Å²) in [6.45, 7) is 2.65. The van der Waals surface area contributed by atoms with Crippen molar-refractivity contribution in [2.75, 3.05) is 13.7 Å². The molecule has 1 saturated heterocycles. The van der Waals surface area contributed by atoms with Gasteiger partial charge in [0, 0.05) is 7.05 Å². The van der Waals surface area contributed by atoms with Crippen molar-refractivity contribution in [2.45, 2.75) is 13.3 Å². The highest BCUT2D eigenvalue weighted by atomic mass is 16.5. The molecule has 1 N–H and O–H groups in total. The van der Waals surface area contributed by atoms with Gasteiger partial charge in [-0.2, -0.15) is 0 Å². The molecule has 0 unspecified atom stereocenters. The first-order valence-electron chi connectivity index (χ1n) is 6.61. The van der Waals surface area contributed by atoms with Crippen LogP contribution in [0.1, 0.15) is 18.9 Å². The Labute approximate surface area is 122 Å². The van der Waals surface area contributed by atoms with Gasteiger partial charge < -0.3 is 4.74 Å². The second-order valence-electron chi connectivity index (χ2n) is 4.60. The first-order valence-corrected chi connectivity index (χ1v) is 6.61. The van der Waals surface area contributed by atoms with Gasteiger partial charge in [-0.05, 0) is 30.2 Å². The number of barbiturate groups is 1. The van der Waals surface area contributed by atoms with Crippen molar-refractivity contribution in [3.8, 4) is 5.75 Å². The van der Waals surface area contributed by atoms with Crippen LogP contribution in [0, 0.1) is 0 Å². The molecule has 0 atom stereocenters. The van der Waals surface area contributed by atoms with Crippen molar-refractivity contribution in [2.24, 2.45) is 0 Å². The molecule has 4 amide bonds. The van der Waals surface area contributed by atoms with Gasteiger partial charge in [0.2, 0.25) is 0 Å². The minimum atomic E-state index is -0.717. The van der Waals surface area contributed by atoms with Gasteiger partial charge in [0.15, 0.2) is 0 Å². The molecule has 0 saturated carbocycles. The fourth-order valence-corrected chi connectivity index (χ4v) is 1.79. The van der Waals surface area contributed by atoms with Crippen LogP contribution in [0.3, 0.4) is 0 Å². The predicted octanol–water partition coefficient (Wildman–Crippen LogP) is 1.57. The van der Waals surface area contributed by atoms with Crippen LogP contribution in [0.4, 0.5) is 4.79 Å². The van der Waals surface area contributed by atoms with Crippen LogP contribution in [0.2, 0.25) is 0 Å². The summed E-state index contributed by atoms with van der Waals surface area (Å²) in [6.07, 6.45) is 2.37. The minimum absolute atomic E-state index is 0.0701. The Balaban J connectivity index is 2.20. The fourth-order valence-electron chi connectivity index (χ4n) is 1.79. The molecule has 1 aliphatic rings. The number of ether oxygens (including phenoxy) is 1. The fraction of sp³-hybridized carbons (Fsp3) is 0.267. The molecule has 2 rings (SSSR count). The topological polar surface area (TPSA) is 75.7 Å². The molecule has 0 radical (unpaired) electrons. The van der Waals surface area contributed by atoms with Gasteiger partial charge in [-0.3, -0.25) is 19.8 Å². The zero-order valence-corrected chi connectivity index (χ0v) is 11.9. The Morgan fingerprint density at radius 2 is 1.86 bits per heavy atom. The number of carbonyl (C=O) groups excluding carboxylic acids is 3. The number of carbonyl (C=O) groups is 3. The lowest BCUT2D eigenvalue weighted by Gasteiger charge is -2.22. The van der Waals surface area contributed by atoms with Crippen molar-refractivity contribution in [3.63, 3.8) is 0 Å². The van der Waals surface area contributed by atoms with E-state index in [1.165, 1.54) is 13.1 Å². The van der Waals surface area contributed by atoms with E-state index >= 15 is 0 Å². The van der Waals surface area contributed by atoms with Crippen LogP contribution >= 0.6 is 0 Å². The van der Waals surface area contributed by atoms with Crippen molar-refractivity contribution in [1.29, 1.82) is 0 Å². The molecule has 21 heavy (non-hydrogen) atoms. The van der Waals surface area contributed by atoms with Crippen LogP contribution < -0.4 is 10.1 Å². The second-order valence-corrected chi connectivity index (χ2v) is 4.60. The summed E-state index contributed by atoms with van der Waals surface area (Å²) < 4.78 is 5.45. The van der Waals surface area contributed by atoms with Crippen LogP contribution in [-0.4, -0.2) is 36.4 Å². The van der Waals surface area contributed by atoms with E-state index in [1.54, 1.807) is 24.3 Å². The largest absolute Gasteiger partial charge is 0.494 e. The summed E-state index contributed by atoms with van der Waals surface area (Å²) in [6, 6.07) is 6.30. The van der Waals surface area contributed by atoms with Crippen LogP contribution in [0.15, 0.2) is 29.8 Å². The van der Waals surface area contributed by atoms with Gasteiger partial charge in [0.05, 0.1) is 6.61 Å². The summed E-state index contributed by atoms with van der Waals surface area (Å²) in [5.74, 6) is -0.574. The van der Waals surface area contributed by atoms with Gasteiger partial charge in [-0.25, -0.2) is 4.79 Å². The highest BCUT2D eigenvalue weighted by Crippen LogP contribution is 2.17. The summed E-state index contributed by atoms with van der Waals surface area (Å²) in [7, 11) is 1.32. The average Bonchev–Trinajstić information content (AvgIpc) is 2.48. The maximum Gasteiger partial charge on any atom is 0.331 e. The lowest BCUT2D eigenvalue weighted by molar-refractivity contribution is -0.129. The maximum atomic E-state index is 11.9. The molecular weight excluding hydrogens is 272 g/mol. The lowest BCUT2D eigenvalue weighted by Crippen LogP contribution is -2.52. The number of hydrogen-bond acceptors (Lipinski definition) is 4. The van der Waals surface area contributed by atoms with E-state index in [0.29, 0.717) is 12.2 Å². The summed E-state index contributed by atoms with van der Waals surface area (Å²) in [4.78, 5) is 35.8. The minimum Gasteiger partial charge on any atom is -0.494 e. The number of hydrogen-bond donors (Lipinski definition) is 1. The second kappa shape index (κ2) is 6.21. The maximum absolute atomic E-state index is 11.9. The normalized spacial score (nSPS) is 17.1. The average molecular weight is 288 g/mol. The Morgan fingerprint density at radius 3 is 2.48 bits per heavy atom. The summed E-state index contributed by atoms with van der Waals surface area (Å²) >= 11 is 0. The zero-order valence-electron chi connectivity index (χ0n) is 11.9. The third kappa shape index (κ3) is 3.28. The van der Waals surface area contributed by atoms with Crippen molar-refractivity contribution in [3.05, 3.63) is 35.4 Å². The van der Waals surface area contributed by atoms with Crippen molar-refractivity contribution >= 4 is 23.9 Å². The molecule has 0 aliphatic carbocycles. The van der Waals surface area contributed by atoms with Crippen LogP contribution in [-0.2, 0) is 9.59 Å². The Bertz CT molecular complexity index is 605. The van der Waals surface area contributed by atoms with E-state index in [4.69, 9.17) is 4.74 Å². The number of likely N-dealkylation sites (N-methyl/N-ethyl adjacent to an activating group) is 1. The van der Waals surface area contributed by atoms with Gasteiger partial charge in [-0.15, -0.1) is 0 Å². The van der Waals surface area contributed by atoms with E-state index in [-0.39, 0.29) is 5.57 Å². The monoisotopic (exact) mass is 288 g/mol. The number of imide groups is 2. The van der Waals surface area contributed by atoms with E-state index < -0.39 is 17.8 Å². The molecule has 0 aromatic heterocycles. The molecule has 0 spiro atoms. The Morgan fingerprint density at radius 1 is 1.19 bits per heavy atom.